The average molecular weight is 364 g/mol. The first-order chi connectivity index (χ1) is 12.1. The number of allylic oxidation sites excluding steroid dienone is 1. The van der Waals surface area contributed by atoms with E-state index in [0.717, 1.165) is 6.08 Å². The fraction of sp³-hybridized carbons (Fsp3) is 0.474. The van der Waals surface area contributed by atoms with E-state index in [1.54, 1.807) is 13.0 Å². The fourth-order valence-corrected chi connectivity index (χ4v) is 3.99. The van der Waals surface area contributed by atoms with Crippen molar-refractivity contribution in [3.8, 4) is 12.1 Å². The zero-order valence-corrected chi connectivity index (χ0v) is 14.0. The lowest BCUT2D eigenvalue weighted by Crippen LogP contribution is -2.72. The van der Waals surface area contributed by atoms with Gasteiger partial charge >= 0.3 is 11.8 Å². The summed E-state index contributed by atoms with van der Waals surface area (Å²) < 4.78 is 57.6. The Hall–Kier alpha value is -2.38. The predicted molar refractivity (Wildman–Crippen MR) is 85.4 cm³/mol. The van der Waals surface area contributed by atoms with Crippen LogP contribution in [0.15, 0.2) is 18.2 Å². The molecule has 1 N–H and O–H groups in total. The number of hydrogen-bond donors (Lipinski definition) is 1. The first-order valence-corrected chi connectivity index (χ1v) is 8.16. The Morgan fingerprint density at radius 2 is 1.54 bits per heavy atom. The summed E-state index contributed by atoms with van der Waals surface area (Å²) in [7, 11) is 0. The van der Waals surface area contributed by atoms with Crippen LogP contribution in [-0.2, 0) is 0 Å². The van der Waals surface area contributed by atoms with Gasteiger partial charge in [0.25, 0.3) is 0 Å². The normalized spacial score (nSPS) is 31.5. The SMILES string of the molecule is Cc1ccc(/C=C/C23CCC(O)(CC2)C(F)(F)C3(F)F)c(C#N)c1C#N. The van der Waals surface area contributed by atoms with E-state index in [-0.39, 0.29) is 29.5 Å². The molecule has 0 amide bonds. The van der Waals surface area contributed by atoms with E-state index in [4.69, 9.17) is 0 Å². The fourth-order valence-electron chi connectivity index (χ4n) is 3.99. The molecule has 1 aromatic carbocycles. The van der Waals surface area contributed by atoms with E-state index in [9.17, 15) is 33.2 Å². The lowest BCUT2D eigenvalue weighted by atomic mass is 9.54. The molecule has 3 nitrogen and oxygen atoms in total. The predicted octanol–water partition coefficient (Wildman–Crippen LogP) is 4.33. The molecule has 0 aromatic heterocycles. The highest BCUT2D eigenvalue weighted by atomic mass is 19.3. The van der Waals surface area contributed by atoms with Crippen LogP contribution < -0.4 is 0 Å². The second-order valence-electron chi connectivity index (χ2n) is 7.12. The zero-order valence-electron chi connectivity index (χ0n) is 14.0. The quantitative estimate of drug-likeness (QED) is 0.795. The molecule has 0 heterocycles. The Balaban J connectivity index is 2.08. The van der Waals surface area contributed by atoms with Crippen molar-refractivity contribution in [2.45, 2.75) is 50.1 Å². The van der Waals surface area contributed by atoms with E-state index in [1.165, 1.54) is 12.1 Å². The highest BCUT2D eigenvalue weighted by molar-refractivity contribution is 5.65. The maximum atomic E-state index is 14.6. The van der Waals surface area contributed by atoms with E-state index >= 15 is 0 Å². The average Bonchev–Trinajstić information content (AvgIpc) is 2.60. The molecule has 1 aromatic rings. The number of nitrogens with zero attached hydrogens (tertiary/aromatic N) is 2. The van der Waals surface area contributed by atoms with Gasteiger partial charge in [-0.05, 0) is 43.7 Å². The van der Waals surface area contributed by atoms with E-state index in [0.29, 0.717) is 5.56 Å². The molecule has 7 heteroatoms. The molecule has 2 bridgehead atoms. The van der Waals surface area contributed by atoms with Crippen LogP contribution in [0.2, 0.25) is 0 Å². The highest BCUT2D eigenvalue weighted by Gasteiger charge is 2.80. The van der Waals surface area contributed by atoms with Crippen LogP contribution in [0.4, 0.5) is 17.6 Å². The number of benzene rings is 1. The summed E-state index contributed by atoms with van der Waals surface area (Å²) in [5, 5.41) is 28.4. The maximum Gasteiger partial charge on any atom is 0.338 e. The Morgan fingerprint density at radius 1 is 0.962 bits per heavy atom. The van der Waals surface area contributed by atoms with Crippen molar-refractivity contribution >= 4 is 6.08 Å². The Bertz CT molecular complexity index is 869. The molecule has 0 atom stereocenters. The number of aliphatic hydroxyl groups is 1. The molecule has 0 saturated heterocycles. The molecule has 0 aliphatic heterocycles. The van der Waals surface area contributed by atoms with Crippen LogP contribution in [0.25, 0.3) is 6.08 Å². The molecule has 3 aliphatic rings. The van der Waals surface area contributed by atoms with Crippen molar-refractivity contribution in [1.82, 2.24) is 0 Å². The first kappa shape index (κ1) is 18.4. The number of aryl methyl sites for hydroxylation is 1. The molecule has 0 unspecified atom stereocenters. The van der Waals surface area contributed by atoms with E-state index in [1.807, 2.05) is 12.1 Å². The molecule has 4 rings (SSSR count). The second-order valence-corrected chi connectivity index (χ2v) is 7.12. The molecule has 0 spiro atoms. The molecule has 3 saturated carbocycles. The van der Waals surface area contributed by atoms with Crippen molar-refractivity contribution in [1.29, 1.82) is 10.5 Å². The van der Waals surface area contributed by atoms with Crippen molar-refractivity contribution in [2.24, 2.45) is 5.41 Å². The van der Waals surface area contributed by atoms with Gasteiger partial charge < -0.3 is 5.11 Å². The monoisotopic (exact) mass is 364 g/mol. The largest absolute Gasteiger partial charge is 0.383 e. The number of fused-ring (bicyclic) bond motifs is 3. The number of alkyl halides is 4. The Labute approximate surface area is 148 Å². The molecule has 3 aliphatic carbocycles. The minimum Gasteiger partial charge on any atom is -0.383 e. The number of halogens is 4. The first-order valence-electron chi connectivity index (χ1n) is 8.16. The van der Waals surface area contributed by atoms with Gasteiger partial charge in [-0.3, -0.25) is 0 Å². The lowest BCUT2D eigenvalue weighted by molar-refractivity contribution is -0.372. The van der Waals surface area contributed by atoms with E-state index in [2.05, 4.69) is 0 Å². The van der Waals surface area contributed by atoms with E-state index < -0.39 is 35.7 Å². The topological polar surface area (TPSA) is 67.8 Å². The van der Waals surface area contributed by atoms with Crippen LogP contribution in [0, 0.1) is 35.0 Å². The minimum atomic E-state index is -4.52. The lowest BCUT2D eigenvalue weighted by Gasteiger charge is -2.58. The summed E-state index contributed by atoms with van der Waals surface area (Å²) >= 11 is 0. The Morgan fingerprint density at radius 3 is 2.08 bits per heavy atom. The van der Waals surface area contributed by atoms with Crippen LogP contribution in [0.1, 0.15) is 47.9 Å². The van der Waals surface area contributed by atoms with Gasteiger partial charge in [0.05, 0.1) is 16.5 Å². The third-order valence-corrected chi connectivity index (χ3v) is 5.82. The summed E-state index contributed by atoms with van der Waals surface area (Å²) in [6.07, 6.45) is 0.873. The van der Waals surface area contributed by atoms with Crippen LogP contribution in [0.3, 0.4) is 0 Å². The number of rotatable bonds is 2. The van der Waals surface area contributed by atoms with Gasteiger partial charge in [-0.25, -0.2) is 0 Å². The maximum absolute atomic E-state index is 14.6. The summed E-state index contributed by atoms with van der Waals surface area (Å²) in [4.78, 5) is 0. The summed E-state index contributed by atoms with van der Waals surface area (Å²) in [5.74, 6) is -8.93. The van der Waals surface area contributed by atoms with Crippen LogP contribution in [-0.4, -0.2) is 22.6 Å². The standard InChI is InChI=1S/C19H16F4N2O/c1-12-2-3-13(15(11-25)14(12)10-24)4-5-16-6-8-17(26,9-7-16)19(22,23)18(16,20)21/h2-5,26H,6-9H2,1H3/b5-4+. The third-order valence-electron chi connectivity index (χ3n) is 5.82. The van der Waals surface area contributed by atoms with Crippen LogP contribution >= 0.6 is 0 Å². The van der Waals surface area contributed by atoms with Gasteiger partial charge in [0.1, 0.15) is 17.7 Å². The molecule has 3 fully saturated rings. The van der Waals surface area contributed by atoms with Gasteiger partial charge in [0.15, 0.2) is 0 Å². The smallest absolute Gasteiger partial charge is 0.338 e. The molecular formula is C19H16F4N2O. The highest BCUT2D eigenvalue weighted by Crippen LogP contribution is 2.67. The molecule has 0 radical (unpaired) electrons. The minimum absolute atomic E-state index is 0.0263. The second kappa shape index (κ2) is 5.56. The molecule has 136 valence electrons. The van der Waals surface area contributed by atoms with Gasteiger partial charge in [0.2, 0.25) is 0 Å². The number of hydrogen-bond acceptors (Lipinski definition) is 3. The van der Waals surface area contributed by atoms with Crippen LogP contribution in [0.5, 0.6) is 0 Å². The summed E-state index contributed by atoms with van der Waals surface area (Å²) in [6, 6.07) is 6.85. The van der Waals surface area contributed by atoms with Gasteiger partial charge in [-0.2, -0.15) is 28.1 Å². The van der Waals surface area contributed by atoms with Gasteiger partial charge in [-0.1, -0.05) is 24.3 Å². The molecular weight excluding hydrogens is 348 g/mol. The summed E-state index contributed by atoms with van der Waals surface area (Å²) in [5.41, 5.74) is -3.82. The molecule has 26 heavy (non-hydrogen) atoms. The van der Waals surface area contributed by atoms with Crippen molar-refractivity contribution in [3.05, 3.63) is 40.5 Å². The summed E-state index contributed by atoms with van der Waals surface area (Å²) in [6.45, 7) is 1.64. The number of nitriles is 2. The van der Waals surface area contributed by atoms with Crippen molar-refractivity contribution in [3.63, 3.8) is 0 Å². The third kappa shape index (κ3) is 2.13. The van der Waals surface area contributed by atoms with Crippen molar-refractivity contribution in [2.75, 3.05) is 0 Å². The Kier molecular flexibility index (Phi) is 3.94. The van der Waals surface area contributed by atoms with Crippen molar-refractivity contribution < 1.29 is 22.7 Å². The zero-order chi connectivity index (χ0) is 19.4. The van der Waals surface area contributed by atoms with Gasteiger partial charge in [-0.15, -0.1) is 0 Å². The van der Waals surface area contributed by atoms with Gasteiger partial charge in [0, 0.05) is 0 Å².